The number of methoxy groups -OCH3 is 1. The van der Waals surface area contributed by atoms with E-state index in [1.807, 2.05) is 58.0 Å². The summed E-state index contributed by atoms with van der Waals surface area (Å²) in [6, 6.07) is 13.9. The maximum atomic E-state index is 13.3. The molecule has 6 nitrogen and oxygen atoms in total. The second-order valence-electron chi connectivity index (χ2n) is 9.46. The fraction of sp³-hybridized carbons (Fsp3) is 0.538. The fourth-order valence-electron chi connectivity index (χ4n) is 3.48. The molecule has 0 N–H and O–H groups in total. The van der Waals surface area contributed by atoms with Crippen LogP contribution in [0.4, 0.5) is 0 Å². The second kappa shape index (κ2) is 12.4. The molecule has 2 amide bonds. The molecule has 0 unspecified atom stereocenters. The molecular weight excluding hydrogens is 404 g/mol. The van der Waals surface area contributed by atoms with E-state index < -0.39 is 0 Å². The summed E-state index contributed by atoms with van der Waals surface area (Å²) in [6.07, 6.45) is 1.83. The number of aryl methyl sites for hydroxylation is 1. The largest absolute Gasteiger partial charge is 0.464 e. The van der Waals surface area contributed by atoms with Crippen LogP contribution < -0.4 is 0 Å². The monoisotopic (exact) mass is 442 g/mol. The highest BCUT2D eigenvalue weighted by atomic mass is 16.5. The number of benzene rings is 1. The van der Waals surface area contributed by atoms with Crippen LogP contribution >= 0.6 is 0 Å². The van der Waals surface area contributed by atoms with Crippen molar-refractivity contribution in [2.24, 2.45) is 5.41 Å². The van der Waals surface area contributed by atoms with Crippen LogP contribution in [-0.2, 0) is 27.3 Å². The predicted molar refractivity (Wildman–Crippen MR) is 126 cm³/mol. The maximum absolute atomic E-state index is 13.3. The Bertz CT molecular complexity index is 839. The Kier molecular flexibility index (Phi) is 9.97. The van der Waals surface area contributed by atoms with Gasteiger partial charge >= 0.3 is 0 Å². The normalized spacial score (nSPS) is 11.4. The third-order valence-electron chi connectivity index (χ3n) is 5.15. The van der Waals surface area contributed by atoms with Crippen molar-refractivity contribution in [1.82, 2.24) is 9.80 Å². The first-order valence-electron chi connectivity index (χ1n) is 11.3. The lowest BCUT2D eigenvalue weighted by atomic mass is 9.91. The minimum absolute atomic E-state index is 0.00111. The molecule has 1 aromatic carbocycles. The summed E-state index contributed by atoms with van der Waals surface area (Å²) in [5.41, 5.74) is 1.03. The zero-order chi connectivity index (χ0) is 23.6. The quantitative estimate of drug-likeness (QED) is 0.455. The molecule has 0 fully saturated rings. The first-order chi connectivity index (χ1) is 15.2. The van der Waals surface area contributed by atoms with Crippen molar-refractivity contribution in [3.8, 4) is 0 Å². The first-order valence-corrected chi connectivity index (χ1v) is 11.3. The van der Waals surface area contributed by atoms with E-state index in [1.165, 1.54) is 5.56 Å². The molecule has 2 rings (SSSR count). The lowest BCUT2D eigenvalue weighted by Gasteiger charge is -2.29. The fourth-order valence-corrected chi connectivity index (χ4v) is 3.48. The molecule has 0 aliphatic rings. The highest BCUT2D eigenvalue weighted by Gasteiger charge is 2.25. The van der Waals surface area contributed by atoms with Gasteiger partial charge in [0, 0.05) is 33.2 Å². The Morgan fingerprint density at radius 1 is 0.969 bits per heavy atom. The lowest BCUT2D eigenvalue weighted by Crippen LogP contribution is -2.44. The van der Waals surface area contributed by atoms with Crippen LogP contribution in [0.5, 0.6) is 0 Å². The number of carbonyl (C=O) groups excluding carboxylic acids is 2. The summed E-state index contributed by atoms with van der Waals surface area (Å²) in [5, 5.41) is 0. The molecule has 0 atom stereocenters. The highest BCUT2D eigenvalue weighted by Crippen LogP contribution is 2.20. The molecule has 0 radical (unpaired) electrons. The standard InChI is InChI=1S/C26H38N2O4/c1-21-12-13-23(32-21)19-28(16-14-22-10-7-6-8-11-22)25(30)20-27(15-9-17-31-5)24(29)18-26(2,3)4/h6-8,10-13H,9,14-20H2,1-5H3. The van der Waals surface area contributed by atoms with Crippen LogP contribution in [0.2, 0.25) is 0 Å². The number of carbonyl (C=O) groups is 2. The van der Waals surface area contributed by atoms with E-state index in [0.29, 0.717) is 39.1 Å². The van der Waals surface area contributed by atoms with Crippen LogP contribution in [0, 0.1) is 12.3 Å². The van der Waals surface area contributed by atoms with Gasteiger partial charge in [0.15, 0.2) is 0 Å². The number of nitrogens with zero attached hydrogens (tertiary/aromatic N) is 2. The van der Waals surface area contributed by atoms with Gasteiger partial charge < -0.3 is 19.0 Å². The van der Waals surface area contributed by atoms with Gasteiger partial charge in [-0.25, -0.2) is 0 Å². The second-order valence-corrected chi connectivity index (χ2v) is 9.46. The van der Waals surface area contributed by atoms with Gasteiger partial charge in [0.25, 0.3) is 0 Å². The zero-order valence-corrected chi connectivity index (χ0v) is 20.2. The van der Waals surface area contributed by atoms with E-state index in [9.17, 15) is 9.59 Å². The summed E-state index contributed by atoms with van der Waals surface area (Å²) in [5.74, 6) is 1.49. The zero-order valence-electron chi connectivity index (χ0n) is 20.2. The van der Waals surface area contributed by atoms with Gasteiger partial charge in [0.1, 0.15) is 11.5 Å². The summed E-state index contributed by atoms with van der Waals surface area (Å²) in [6.45, 7) is 10.1. The third-order valence-corrected chi connectivity index (χ3v) is 5.15. The van der Waals surface area contributed by atoms with E-state index in [4.69, 9.17) is 9.15 Å². The number of furan rings is 1. The Hall–Kier alpha value is -2.60. The van der Waals surface area contributed by atoms with E-state index in [-0.39, 0.29) is 23.8 Å². The number of ether oxygens (including phenoxy) is 1. The minimum atomic E-state index is -0.141. The molecule has 1 heterocycles. The highest BCUT2D eigenvalue weighted by molar-refractivity contribution is 5.85. The van der Waals surface area contributed by atoms with Crippen molar-refractivity contribution in [3.05, 3.63) is 59.5 Å². The Labute approximate surface area is 192 Å². The molecule has 0 bridgehead atoms. The number of hydrogen-bond acceptors (Lipinski definition) is 4. The summed E-state index contributed by atoms with van der Waals surface area (Å²) < 4.78 is 10.9. The molecule has 0 saturated carbocycles. The average molecular weight is 443 g/mol. The van der Waals surface area contributed by atoms with Gasteiger partial charge in [-0.3, -0.25) is 9.59 Å². The Balaban J connectivity index is 2.12. The van der Waals surface area contributed by atoms with Gasteiger partial charge in [0.2, 0.25) is 11.8 Å². The molecule has 176 valence electrons. The van der Waals surface area contributed by atoms with E-state index in [1.54, 1.807) is 16.9 Å². The van der Waals surface area contributed by atoms with Crippen LogP contribution in [0.1, 0.15) is 50.7 Å². The van der Waals surface area contributed by atoms with Crippen molar-refractivity contribution in [2.45, 2.75) is 53.5 Å². The SMILES string of the molecule is COCCCN(CC(=O)N(CCc1ccccc1)Cc1ccc(C)o1)C(=O)CC(C)(C)C. The van der Waals surface area contributed by atoms with Crippen molar-refractivity contribution < 1.29 is 18.7 Å². The number of amides is 2. The average Bonchev–Trinajstić information content (AvgIpc) is 3.14. The molecule has 0 aliphatic carbocycles. The Morgan fingerprint density at radius 2 is 1.69 bits per heavy atom. The first kappa shape index (κ1) is 25.7. The summed E-state index contributed by atoms with van der Waals surface area (Å²) in [4.78, 5) is 29.8. The van der Waals surface area contributed by atoms with Crippen molar-refractivity contribution in [3.63, 3.8) is 0 Å². The Morgan fingerprint density at radius 3 is 2.28 bits per heavy atom. The smallest absolute Gasteiger partial charge is 0.242 e. The molecule has 32 heavy (non-hydrogen) atoms. The predicted octanol–water partition coefficient (Wildman–Crippen LogP) is 4.46. The molecule has 0 saturated heterocycles. The van der Waals surface area contributed by atoms with Crippen LogP contribution in [0.3, 0.4) is 0 Å². The van der Waals surface area contributed by atoms with Crippen molar-refractivity contribution in [2.75, 3.05) is 33.4 Å². The van der Waals surface area contributed by atoms with Gasteiger partial charge in [-0.1, -0.05) is 51.1 Å². The van der Waals surface area contributed by atoms with Crippen LogP contribution in [-0.4, -0.2) is 55.0 Å². The van der Waals surface area contributed by atoms with Crippen LogP contribution in [0.15, 0.2) is 46.9 Å². The van der Waals surface area contributed by atoms with Crippen molar-refractivity contribution >= 4 is 11.8 Å². The molecule has 6 heteroatoms. The molecule has 0 spiro atoms. The van der Waals surface area contributed by atoms with Crippen LogP contribution in [0.25, 0.3) is 0 Å². The number of rotatable bonds is 12. The maximum Gasteiger partial charge on any atom is 0.242 e. The number of hydrogen-bond donors (Lipinski definition) is 0. The molecule has 1 aromatic heterocycles. The van der Waals surface area contributed by atoms with E-state index in [0.717, 1.165) is 17.9 Å². The van der Waals surface area contributed by atoms with Gasteiger partial charge in [-0.05, 0) is 42.9 Å². The van der Waals surface area contributed by atoms with Gasteiger partial charge in [0.05, 0.1) is 13.1 Å². The van der Waals surface area contributed by atoms with E-state index in [2.05, 4.69) is 12.1 Å². The molecular formula is C26H38N2O4. The summed E-state index contributed by atoms with van der Waals surface area (Å²) in [7, 11) is 1.64. The lowest BCUT2D eigenvalue weighted by molar-refractivity contribution is -0.142. The molecule has 0 aliphatic heterocycles. The topological polar surface area (TPSA) is 63.0 Å². The van der Waals surface area contributed by atoms with E-state index >= 15 is 0 Å². The van der Waals surface area contributed by atoms with Gasteiger partial charge in [-0.2, -0.15) is 0 Å². The van der Waals surface area contributed by atoms with Gasteiger partial charge in [-0.15, -0.1) is 0 Å². The minimum Gasteiger partial charge on any atom is -0.464 e. The summed E-state index contributed by atoms with van der Waals surface area (Å²) >= 11 is 0. The third kappa shape index (κ3) is 9.27. The molecule has 2 aromatic rings. The van der Waals surface area contributed by atoms with Crippen molar-refractivity contribution in [1.29, 1.82) is 0 Å².